The van der Waals surface area contributed by atoms with Gasteiger partial charge in [-0.25, -0.2) is 0 Å². The van der Waals surface area contributed by atoms with Crippen LogP contribution in [0.15, 0.2) is 24.3 Å². The second-order valence-corrected chi connectivity index (χ2v) is 6.00. The minimum Gasteiger partial charge on any atom is -0.356 e. The molecule has 23 heavy (non-hydrogen) atoms. The van der Waals surface area contributed by atoms with Gasteiger partial charge in [0.1, 0.15) is 0 Å². The number of benzene rings is 1. The third-order valence-electron chi connectivity index (χ3n) is 4.42. The van der Waals surface area contributed by atoms with E-state index < -0.39 is 0 Å². The van der Waals surface area contributed by atoms with E-state index in [1.807, 2.05) is 0 Å². The molecular weight excluding hydrogens is 294 g/mol. The fourth-order valence-corrected chi connectivity index (χ4v) is 3.07. The molecule has 0 aliphatic carbocycles. The molecule has 1 atom stereocenters. The Morgan fingerprint density at radius 2 is 1.87 bits per heavy atom. The van der Waals surface area contributed by atoms with Crippen LogP contribution in [0.5, 0.6) is 0 Å². The average Bonchev–Trinajstić information content (AvgIpc) is 3.18. The van der Waals surface area contributed by atoms with E-state index in [1.165, 1.54) is 4.90 Å². The lowest BCUT2D eigenvalue weighted by molar-refractivity contribution is -0.124. The molecular formula is C17H21N3O3. The summed E-state index contributed by atoms with van der Waals surface area (Å²) in [5.74, 6) is -0.264. The summed E-state index contributed by atoms with van der Waals surface area (Å²) < 4.78 is 0. The topological polar surface area (TPSA) is 78.5 Å². The molecule has 1 unspecified atom stereocenters. The molecule has 2 aliphatic rings. The number of nitrogens with one attached hydrogen (secondary N) is 2. The van der Waals surface area contributed by atoms with Crippen LogP contribution in [0.2, 0.25) is 0 Å². The zero-order valence-corrected chi connectivity index (χ0v) is 13.0. The predicted molar refractivity (Wildman–Crippen MR) is 85.0 cm³/mol. The fourth-order valence-electron chi connectivity index (χ4n) is 3.07. The Morgan fingerprint density at radius 1 is 1.17 bits per heavy atom. The van der Waals surface area contributed by atoms with E-state index in [9.17, 15) is 14.4 Å². The smallest absolute Gasteiger partial charge is 0.261 e. The SMILES string of the molecule is O=C(NCCCCN1C(=O)c2ccccc2C1=O)C1CCNC1. The molecule has 1 fully saturated rings. The number of hydrogen-bond donors (Lipinski definition) is 2. The van der Waals surface area contributed by atoms with Crippen molar-refractivity contribution in [2.24, 2.45) is 5.92 Å². The van der Waals surface area contributed by atoms with Crippen LogP contribution in [0.4, 0.5) is 0 Å². The Hall–Kier alpha value is -2.21. The van der Waals surface area contributed by atoms with Crippen LogP contribution >= 0.6 is 0 Å². The molecule has 1 aromatic rings. The first-order chi connectivity index (χ1) is 11.2. The van der Waals surface area contributed by atoms with Gasteiger partial charge in [-0.2, -0.15) is 0 Å². The minimum atomic E-state index is -0.216. The van der Waals surface area contributed by atoms with Gasteiger partial charge in [0, 0.05) is 19.6 Å². The van der Waals surface area contributed by atoms with Crippen molar-refractivity contribution in [2.45, 2.75) is 19.3 Å². The highest BCUT2D eigenvalue weighted by Gasteiger charge is 2.34. The van der Waals surface area contributed by atoms with Crippen molar-refractivity contribution in [3.8, 4) is 0 Å². The molecule has 0 radical (unpaired) electrons. The van der Waals surface area contributed by atoms with Crippen molar-refractivity contribution in [3.63, 3.8) is 0 Å². The highest BCUT2D eigenvalue weighted by molar-refractivity contribution is 6.21. The first kappa shape index (κ1) is 15.7. The summed E-state index contributed by atoms with van der Waals surface area (Å²) in [5, 5.41) is 6.09. The number of nitrogens with zero attached hydrogens (tertiary/aromatic N) is 1. The highest BCUT2D eigenvalue weighted by atomic mass is 16.2. The van der Waals surface area contributed by atoms with E-state index in [0.717, 1.165) is 25.9 Å². The molecule has 122 valence electrons. The van der Waals surface area contributed by atoms with Gasteiger partial charge < -0.3 is 10.6 Å². The van der Waals surface area contributed by atoms with Gasteiger partial charge in [0.2, 0.25) is 5.91 Å². The summed E-state index contributed by atoms with van der Waals surface area (Å²) in [4.78, 5) is 37.5. The number of imide groups is 1. The fraction of sp³-hybridized carbons (Fsp3) is 0.471. The first-order valence-corrected chi connectivity index (χ1v) is 8.12. The van der Waals surface area contributed by atoms with Gasteiger partial charge in [-0.05, 0) is 37.9 Å². The molecule has 2 N–H and O–H groups in total. The van der Waals surface area contributed by atoms with Crippen LogP contribution in [-0.4, -0.2) is 48.8 Å². The van der Waals surface area contributed by atoms with E-state index in [1.54, 1.807) is 24.3 Å². The number of carbonyl (C=O) groups is 3. The summed E-state index contributed by atoms with van der Waals surface area (Å²) in [6, 6.07) is 6.90. The Bertz CT molecular complexity index is 588. The number of rotatable bonds is 6. The third-order valence-corrected chi connectivity index (χ3v) is 4.42. The minimum absolute atomic E-state index is 0.0752. The molecule has 1 saturated heterocycles. The normalized spacial score (nSPS) is 20.0. The number of amides is 3. The van der Waals surface area contributed by atoms with Gasteiger partial charge >= 0.3 is 0 Å². The molecule has 6 heteroatoms. The maximum Gasteiger partial charge on any atom is 0.261 e. The highest BCUT2D eigenvalue weighted by Crippen LogP contribution is 2.22. The van der Waals surface area contributed by atoms with Crippen LogP contribution < -0.4 is 10.6 Å². The molecule has 0 aromatic heterocycles. The van der Waals surface area contributed by atoms with Crippen LogP contribution in [0, 0.1) is 5.92 Å². The number of unbranched alkanes of at least 4 members (excludes halogenated alkanes) is 1. The Kier molecular flexibility index (Phi) is 4.71. The molecule has 3 rings (SSSR count). The molecule has 3 amide bonds. The van der Waals surface area contributed by atoms with Gasteiger partial charge in [-0.1, -0.05) is 12.1 Å². The van der Waals surface area contributed by atoms with E-state index in [4.69, 9.17) is 0 Å². The van der Waals surface area contributed by atoms with Gasteiger partial charge in [0.25, 0.3) is 11.8 Å². The number of carbonyl (C=O) groups excluding carboxylic acids is 3. The molecule has 6 nitrogen and oxygen atoms in total. The largest absolute Gasteiger partial charge is 0.356 e. The first-order valence-electron chi connectivity index (χ1n) is 8.12. The lowest BCUT2D eigenvalue weighted by Gasteiger charge is -2.14. The lowest BCUT2D eigenvalue weighted by Crippen LogP contribution is -2.34. The second kappa shape index (κ2) is 6.91. The zero-order chi connectivity index (χ0) is 16.2. The Balaban J connectivity index is 1.41. The summed E-state index contributed by atoms with van der Waals surface area (Å²) in [5.41, 5.74) is 0.971. The van der Waals surface area contributed by atoms with Crippen LogP contribution in [0.3, 0.4) is 0 Å². The van der Waals surface area contributed by atoms with E-state index >= 15 is 0 Å². The van der Waals surface area contributed by atoms with Gasteiger partial charge in [-0.15, -0.1) is 0 Å². The van der Waals surface area contributed by atoms with Gasteiger partial charge in [0.05, 0.1) is 17.0 Å². The molecule has 0 spiro atoms. The third kappa shape index (κ3) is 3.27. The predicted octanol–water partition coefficient (Wildman–Crippen LogP) is 0.788. The molecule has 0 bridgehead atoms. The van der Waals surface area contributed by atoms with E-state index in [2.05, 4.69) is 10.6 Å². The van der Waals surface area contributed by atoms with Gasteiger partial charge in [0.15, 0.2) is 0 Å². The summed E-state index contributed by atoms with van der Waals surface area (Å²) in [7, 11) is 0. The van der Waals surface area contributed by atoms with Gasteiger partial charge in [-0.3, -0.25) is 19.3 Å². The Labute approximate surface area is 135 Å². The number of hydrogen-bond acceptors (Lipinski definition) is 4. The monoisotopic (exact) mass is 315 g/mol. The lowest BCUT2D eigenvalue weighted by atomic mass is 10.1. The van der Waals surface area contributed by atoms with Crippen molar-refractivity contribution in [1.82, 2.24) is 15.5 Å². The Morgan fingerprint density at radius 3 is 2.48 bits per heavy atom. The maximum absolute atomic E-state index is 12.2. The van der Waals surface area contributed by atoms with Crippen molar-refractivity contribution in [1.29, 1.82) is 0 Å². The van der Waals surface area contributed by atoms with Crippen molar-refractivity contribution in [2.75, 3.05) is 26.2 Å². The average molecular weight is 315 g/mol. The summed E-state index contributed by atoms with van der Waals surface area (Å²) in [6.07, 6.45) is 2.33. The second-order valence-electron chi connectivity index (χ2n) is 6.00. The standard InChI is InChI=1S/C17H21N3O3/c21-15(12-7-9-18-11-12)19-8-3-4-10-20-16(22)13-5-1-2-6-14(13)17(20)23/h1-2,5-6,12,18H,3-4,7-11H2,(H,19,21). The van der Waals surface area contributed by atoms with Crippen molar-refractivity contribution in [3.05, 3.63) is 35.4 Å². The van der Waals surface area contributed by atoms with Crippen LogP contribution in [-0.2, 0) is 4.79 Å². The van der Waals surface area contributed by atoms with Crippen LogP contribution in [0.25, 0.3) is 0 Å². The quantitative estimate of drug-likeness (QED) is 0.601. The zero-order valence-electron chi connectivity index (χ0n) is 13.0. The van der Waals surface area contributed by atoms with Crippen molar-refractivity contribution >= 4 is 17.7 Å². The summed E-state index contributed by atoms with van der Waals surface area (Å²) in [6.45, 7) is 2.63. The molecule has 2 aliphatic heterocycles. The number of fused-ring (bicyclic) bond motifs is 1. The molecule has 2 heterocycles. The maximum atomic E-state index is 12.2. The van der Waals surface area contributed by atoms with E-state index in [-0.39, 0.29) is 23.6 Å². The van der Waals surface area contributed by atoms with Crippen LogP contribution in [0.1, 0.15) is 40.0 Å². The molecule has 1 aromatic carbocycles. The molecule has 0 saturated carbocycles. The summed E-state index contributed by atoms with van der Waals surface area (Å²) >= 11 is 0. The van der Waals surface area contributed by atoms with E-state index in [0.29, 0.717) is 30.6 Å². The van der Waals surface area contributed by atoms with Crippen molar-refractivity contribution < 1.29 is 14.4 Å².